The summed E-state index contributed by atoms with van der Waals surface area (Å²) in [5.74, 6) is -1.29. The number of hydrogen-bond donors (Lipinski definition) is 3. The van der Waals surface area contributed by atoms with Crippen LogP contribution in [0.15, 0.2) is 30.6 Å². The van der Waals surface area contributed by atoms with Gasteiger partial charge >= 0.3 is 0 Å². The zero-order valence-corrected chi connectivity index (χ0v) is 20.6. The normalized spacial score (nSPS) is 12.5. The Morgan fingerprint density at radius 3 is 2.35 bits per heavy atom. The van der Waals surface area contributed by atoms with Crippen molar-refractivity contribution in [2.45, 2.75) is 12.8 Å². The summed E-state index contributed by atoms with van der Waals surface area (Å²) in [6, 6.07) is 3.79. The van der Waals surface area contributed by atoms with Gasteiger partial charge < -0.3 is 25.6 Å². The summed E-state index contributed by atoms with van der Waals surface area (Å²) in [5, 5.41) is 16.0. The number of benzene rings is 1. The smallest absolute Gasteiger partial charge is 0.273 e. The van der Waals surface area contributed by atoms with Crippen molar-refractivity contribution in [2.75, 3.05) is 38.9 Å². The second kappa shape index (κ2) is 10.5. The summed E-state index contributed by atoms with van der Waals surface area (Å²) in [6.07, 6.45) is 4.29. The van der Waals surface area contributed by atoms with E-state index in [1.54, 1.807) is 14.1 Å². The highest BCUT2D eigenvalue weighted by Gasteiger charge is 2.30. The molecule has 0 saturated heterocycles. The SMILES string of the molecule is CNC(=O)c1nnc(NC(=O)C2CC2)cc1Nc1cc(F)cc(-c2ncc(C(=O)N(C)C)cn2)c1OC. The summed E-state index contributed by atoms with van der Waals surface area (Å²) in [7, 11) is 6.03. The highest BCUT2D eigenvalue weighted by Crippen LogP contribution is 2.38. The first-order valence-electron chi connectivity index (χ1n) is 11.3. The van der Waals surface area contributed by atoms with Crippen molar-refractivity contribution in [3.63, 3.8) is 0 Å². The molecular formula is C24H25FN8O4. The van der Waals surface area contributed by atoms with Crippen molar-refractivity contribution in [1.82, 2.24) is 30.4 Å². The second-order valence-corrected chi connectivity index (χ2v) is 8.49. The molecule has 37 heavy (non-hydrogen) atoms. The summed E-state index contributed by atoms with van der Waals surface area (Å²) in [5.41, 5.74) is 0.693. The molecule has 1 fully saturated rings. The van der Waals surface area contributed by atoms with E-state index >= 15 is 0 Å². The predicted octanol–water partition coefficient (Wildman–Crippen LogP) is 2.23. The van der Waals surface area contributed by atoms with Crippen LogP contribution in [0.2, 0.25) is 0 Å². The van der Waals surface area contributed by atoms with E-state index in [-0.39, 0.29) is 63.3 Å². The molecule has 2 aromatic heterocycles. The van der Waals surface area contributed by atoms with Gasteiger partial charge in [-0.2, -0.15) is 0 Å². The largest absolute Gasteiger partial charge is 0.494 e. The molecule has 12 nitrogen and oxygen atoms in total. The van der Waals surface area contributed by atoms with Crippen molar-refractivity contribution >= 4 is 34.9 Å². The maximum atomic E-state index is 14.7. The average Bonchev–Trinajstić information content (AvgIpc) is 3.73. The first-order valence-corrected chi connectivity index (χ1v) is 11.3. The highest BCUT2D eigenvalue weighted by atomic mass is 19.1. The van der Waals surface area contributed by atoms with Gasteiger partial charge in [0.15, 0.2) is 23.1 Å². The fourth-order valence-corrected chi connectivity index (χ4v) is 3.46. The van der Waals surface area contributed by atoms with Gasteiger partial charge in [-0.25, -0.2) is 14.4 Å². The van der Waals surface area contributed by atoms with E-state index in [1.807, 2.05) is 0 Å². The molecule has 192 valence electrons. The van der Waals surface area contributed by atoms with Crippen molar-refractivity contribution in [1.29, 1.82) is 0 Å². The number of ether oxygens (including phenoxy) is 1. The van der Waals surface area contributed by atoms with Crippen LogP contribution in [-0.2, 0) is 4.79 Å². The number of hydrogen-bond acceptors (Lipinski definition) is 9. The van der Waals surface area contributed by atoms with Crippen molar-refractivity contribution in [3.05, 3.63) is 47.7 Å². The van der Waals surface area contributed by atoms with E-state index in [2.05, 4.69) is 36.1 Å². The van der Waals surface area contributed by atoms with Gasteiger partial charge in [0.1, 0.15) is 5.82 Å². The molecule has 0 radical (unpaired) electrons. The van der Waals surface area contributed by atoms with Gasteiger partial charge in [-0.3, -0.25) is 14.4 Å². The first kappa shape index (κ1) is 25.4. The number of aromatic nitrogens is 4. The summed E-state index contributed by atoms with van der Waals surface area (Å²) >= 11 is 0. The van der Waals surface area contributed by atoms with Crippen LogP contribution in [0.3, 0.4) is 0 Å². The van der Waals surface area contributed by atoms with E-state index in [0.29, 0.717) is 0 Å². The van der Waals surface area contributed by atoms with E-state index in [4.69, 9.17) is 4.74 Å². The van der Waals surface area contributed by atoms with Crippen molar-refractivity contribution in [3.8, 4) is 17.1 Å². The number of anilines is 3. The molecule has 0 spiro atoms. The Kier molecular flexibility index (Phi) is 7.22. The minimum atomic E-state index is -0.638. The molecule has 13 heteroatoms. The lowest BCUT2D eigenvalue weighted by Gasteiger charge is -2.17. The van der Waals surface area contributed by atoms with E-state index in [9.17, 15) is 18.8 Å². The number of methoxy groups -OCH3 is 1. The third-order valence-corrected chi connectivity index (χ3v) is 5.51. The number of rotatable bonds is 8. The fourth-order valence-electron chi connectivity index (χ4n) is 3.46. The summed E-state index contributed by atoms with van der Waals surface area (Å²) in [4.78, 5) is 46.6. The molecule has 3 aromatic rings. The van der Waals surface area contributed by atoms with Gasteiger partial charge in [0.05, 0.1) is 29.6 Å². The fraction of sp³-hybridized carbons (Fsp3) is 0.292. The average molecular weight is 509 g/mol. The summed E-state index contributed by atoms with van der Waals surface area (Å²) in [6.45, 7) is 0. The third-order valence-electron chi connectivity index (χ3n) is 5.51. The predicted molar refractivity (Wildman–Crippen MR) is 132 cm³/mol. The van der Waals surface area contributed by atoms with Gasteiger partial charge in [0.25, 0.3) is 11.8 Å². The van der Waals surface area contributed by atoms with Crippen LogP contribution in [0.5, 0.6) is 5.75 Å². The molecule has 4 rings (SSSR count). The topological polar surface area (TPSA) is 151 Å². The van der Waals surface area contributed by atoms with Crippen LogP contribution in [0.1, 0.15) is 33.7 Å². The van der Waals surface area contributed by atoms with Gasteiger partial charge in [-0.05, 0) is 18.9 Å². The number of nitrogens with one attached hydrogen (secondary N) is 3. The van der Waals surface area contributed by atoms with Crippen molar-refractivity contribution < 1.29 is 23.5 Å². The molecule has 0 aliphatic heterocycles. The third kappa shape index (κ3) is 5.60. The van der Waals surface area contributed by atoms with E-state index < -0.39 is 11.7 Å². The Labute approximate surface area is 211 Å². The Hall–Kier alpha value is -4.68. The molecule has 1 aromatic carbocycles. The van der Waals surface area contributed by atoms with Crippen LogP contribution in [0, 0.1) is 11.7 Å². The molecule has 0 bridgehead atoms. The lowest BCUT2D eigenvalue weighted by molar-refractivity contribution is -0.117. The van der Waals surface area contributed by atoms with Crippen LogP contribution < -0.4 is 20.7 Å². The Balaban J connectivity index is 1.73. The zero-order valence-electron chi connectivity index (χ0n) is 20.6. The lowest BCUT2D eigenvalue weighted by Crippen LogP contribution is -2.22. The monoisotopic (exact) mass is 508 g/mol. The quantitative estimate of drug-likeness (QED) is 0.416. The minimum Gasteiger partial charge on any atom is -0.494 e. The first-order chi connectivity index (χ1) is 17.7. The highest BCUT2D eigenvalue weighted by molar-refractivity contribution is 6.00. The minimum absolute atomic E-state index is 0.0675. The molecular weight excluding hydrogens is 483 g/mol. The number of halogens is 1. The molecule has 0 unspecified atom stereocenters. The Bertz CT molecular complexity index is 1360. The number of amides is 3. The van der Waals surface area contributed by atoms with Crippen LogP contribution in [-0.4, -0.2) is 71.0 Å². The molecule has 3 amide bonds. The molecule has 1 aliphatic rings. The second-order valence-electron chi connectivity index (χ2n) is 8.49. The number of nitrogens with zero attached hydrogens (tertiary/aromatic N) is 5. The van der Waals surface area contributed by atoms with Gasteiger partial charge in [0, 0.05) is 51.6 Å². The maximum Gasteiger partial charge on any atom is 0.273 e. The molecule has 1 saturated carbocycles. The Morgan fingerprint density at radius 2 is 1.76 bits per heavy atom. The van der Waals surface area contributed by atoms with Gasteiger partial charge in [-0.15, -0.1) is 10.2 Å². The lowest BCUT2D eigenvalue weighted by atomic mass is 10.1. The van der Waals surface area contributed by atoms with Crippen LogP contribution >= 0.6 is 0 Å². The zero-order chi connectivity index (χ0) is 26.7. The van der Waals surface area contributed by atoms with Crippen LogP contribution in [0.25, 0.3) is 11.4 Å². The molecule has 0 atom stereocenters. The van der Waals surface area contributed by atoms with Gasteiger partial charge in [-0.1, -0.05) is 0 Å². The molecule has 1 aliphatic carbocycles. The van der Waals surface area contributed by atoms with Gasteiger partial charge in [0.2, 0.25) is 5.91 Å². The Morgan fingerprint density at radius 1 is 1.05 bits per heavy atom. The standard InChI is InChI=1S/C24H25FN8O4/c1-26-23(35)19-16(9-18(31-32-19)30-22(34)12-5-6-12)29-17-8-14(25)7-15(20(17)37-4)21-27-10-13(11-28-21)24(36)33(2)3/h7-12H,5-6H2,1-4H3,(H,26,35)(H2,29,30,31,34). The number of carbonyl (C=O) groups excluding carboxylic acids is 3. The van der Waals surface area contributed by atoms with Crippen LogP contribution in [0.4, 0.5) is 21.6 Å². The summed E-state index contributed by atoms with van der Waals surface area (Å²) < 4.78 is 20.3. The maximum absolute atomic E-state index is 14.7. The molecule has 3 N–H and O–H groups in total. The van der Waals surface area contributed by atoms with E-state index in [0.717, 1.165) is 12.8 Å². The van der Waals surface area contributed by atoms with Crippen molar-refractivity contribution in [2.24, 2.45) is 5.92 Å². The number of carbonyl (C=O) groups is 3. The van der Waals surface area contributed by atoms with E-state index in [1.165, 1.54) is 49.7 Å². The molecule has 2 heterocycles.